The third kappa shape index (κ3) is 3.12. The number of nitrogens with zero attached hydrogens (tertiary/aromatic N) is 2. The molecule has 1 aliphatic rings. The molecule has 2 N–H and O–H groups in total. The van der Waals surface area contributed by atoms with Gasteiger partial charge in [-0.3, -0.25) is 10.1 Å². The van der Waals surface area contributed by atoms with Crippen LogP contribution in [0.4, 0.5) is 5.95 Å². The molecule has 2 aromatic rings. The van der Waals surface area contributed by atoms with Gasteiger partial charge in [-0.15, -0.1) is 5.10 Å². The van der Waals surface area contributed by atoms with E-state index in [1.807, 2.05) is 12.1 Å². The number of nitrogens with one attached hydrogen (secondary N) is 2. The number of hydrogen-bond donors (Lipinski definition) is 2. The summed E-state index contributed by atoms with van der Waals surface area (Å²) in [5.74, 6) is -0.280. The Morgan fingerprint density at radius 2 is 2.05 bits per heavy atom. The summed E-state index contributed by atoms with van der Waals surface area (Å²) in [7, 11) is -3.47. The Balaban J connectivity index is 1.64. The molecular formula is C13H13ClN4O3S. The van der Waals surface area contributed by atoms with Crippen LogP contribution in [0.2, 0.25) is 5.02 Å². The van der Waals surface area contributed by atoms with Crippen molar-refractivity contribution in [2.24, 2.45) is 5.92 Å². The lowest BCUT2D eigenvalue weighted by Crippen LogP contribution is -2.15. The zero-order valence-corrected chi connectivity index (χ0v) is 13.1. The van der Waals surface area contributed by atoms with Gasteiger partial charge >= 0.3 is 0 Å². The molecule has 1 saturated carbocycles. The molecule has 1 heterocycles. The molecule has 0 spiro atoms. The number of carbonyl (C=O) groups excluding carboxylic acids is 1. The van der Waals surface area contributed by atoms with Crippen molar-refractivity contribution in [2.75, 3.05) is 11.6 Å². The van der Waals surface area contributed by atoms with Gasteiger partial charge in [-0.25, -0.2) is 13.5 Å². The van der Waals surface area contributed by atoms with Crippen LogP contribution >= 0.6 is 11.6 Å². The van der Waals surface area contributed by atoms with Crippen LogP contribution in [0.1, 0.15) is 17.9 Å². The second-order valence-corrected chi connectivity index (χ2v) is 7.59. The van der Waals surface area contributed by atoms with E-state index in [-0.39, 0.29) is 28.8 Å². The van der Waals surface area contributed by atoms with E-state index in [9.17, 15) is 13.2 Å². The molecule has 0 radical (unpaired) electrons. The fraction of sp³-hybridized carbons (Fsp3) is 0.308. The molecule has 0 bridgehead atoms. The maximum absolute atomic E-state index is 12.1. The zero-order valence-electron chi connectivity index (χ0n) is 11.6. The Morgan fingerprint density at radius 1 is 1.36 bits per heavy atom. The van der Waals surface area contributed by atoms with Gasteiger partial charge < -0.3 is 0 Å². The third-order valence-corrected chi connectivity index (χ3v) is 4.61. The van der Waals surface area contributed by atoms with Crippen molar-refractivity contribution in [3.63, 3.8) is 0 Å². The number of rotatable bonds is 4. The van der Waals surface area contributed by atoms with E-state index < -0.39 is 9.84 Å². The number of H-pyrrole nitrogens is 1. The van der Waals surface area contributed by atoms with E-state index in [2.05, 4.69) is 20.5 Å². The average molecular weight is 341 g/mol. The summed E-state index contributed by atoms with van der Waals surface area (Å²) in [5.41, 5.74) is 1.05. The number of carbonyl (C=O) groups is 1. The quantitative estimate of drug-likeness (QED) is 0.879. The number of benzene rings is 1. The van der Waals surface area contributed by atoms with E-state index in [1.54, 1.807) is 12.1 Å². The number of aromatic amines is 1. The predicted molar refractivity (Wildman–Crippen MR) is 80.4 cm³/mol. The van der Waals surface area contributed by atoms with Crippen LogP contribution in [-0.4, -0.2) is 35.8 Å². The topological polar surface area (TPSA) is 105 Å². The summed E-state index contributed by atoms with van der Waals surface area (Å²) in [5, 5.41) is 8.86. The first-order valence-corrected chi connectivity index (χ1v) is 8.80. The Morgan fingerprint density at radius 3 is 2.64 bits per heavy atom. The molecular weight excluding hydrogens is 328 g/mol. The maximum Gasteiger partial charge on any atom is 0.249 e. The van der Waals surface area contributed by atoms with Crippen molar-refractivity contribution in [1.82, 2.24) is 15.2 Å². The fourth-order valence-electron chi connectivity index (χ4n) is 2.23. The highest BCUT2D eigenvalue weighted by Crippen LogP contribution is 2.48. The standard InChI is InChI=1S/C13H13ClN4O3S/c1-22(20,21)13-16-12(17-18-13)15-11(19)10-6-9(10)7-2-4-8(14)5-3-7/h2-5,9-10H,6H2,1H3,(H2,15,16,17,18,19)/t9-,10+/m0/s1. The van der Waals surface area contributed by atoms with Gasteiger partial charge in [-0.1, -0.05) is 23.7 Å². The van der Waals surface area contributed by atoms with Crippen LogP contribution in [-0.2, 0) is 14.6 Å². The number of aromatic nitrogens is 3. The van der Waals surface area contributed by atoms with Gasteiger partial charge in [-0.05, 0) is 30.0 Å². The van der Waals surface area contributed by atoms with E-state index in [4.69, 9.17) is 11.6 Å². The Kier molecular flexibility index (Phi) is 3.65. The molecule has 1 aromatic carbocycles. The smallest absolute Gasteiger partial charge is 0.249 e. The minimum Gasteiger partial charge on any atom is -0.293 e. The number of hydrogen-bond acceptors (Lipinski definition) is 5. The highest BCUT2D eigenvalue weighted by atomic mass is 35.5. The number of sulfone groups is 1. The minimum absolute atomic E-state index is 0.0350. The summed E-state index contributed by atoms with van der Waals surface area (Å²) >= 11 is 5.83. The largest absolute Gasteiger partial charge is 0.293 e. The Bertz CT molecular complexity index is 816. The SMILES string of the molecule is CS(=O)(=O)c1nc(NC(=O)[C@@H]2C[C@H]2c2ccc(Cl)cc2)n[nH]1. The van der Waals surface area contributed by atoms with Crippen molar-refractivity contribution >= 4 is 33.3 Å². The summed E-state index contributed by atoms with van der Waals surface area (Å²) in [4.78, 5) is 15.8. The van der Waals surface area contributed by atoms with Gasteiger partial charge in [-0.2, -0.15) is 4.98 Å². The van der Waals surface area contributed by atoms with E-state index in [1.165, 1.54) is 0 Å². The molecule has 22 heavy (non-hydrogen) atoms. The van der Waals surface area contributed by atoms with Crippen molar-refractivity contribution in [1.29, 1.82) is 0 Å². The Labute approximate surface area is 132 Å². The Hall–Kier alpha value is -1.93. The first-order chi connectivity index (χ1) is 10.3. The number of anilines is 1. The van der Waals surface area contributed by atoms with Crippen LogP contribution < -0.4 is 5.32 Å². The summed E-state index contributed by atoms with van der Waals surface area (Å²) in [6.45, 7) is 0. The number of halogens is 1. The highest BCUT2D eigenvalue weighted by Gasteiger charge is 2.44. The van der Waals surface area contributed by atoms with Gasteiger partial charge in [0.2, 0.25) is 26.8 Å². The molecule has 3 rings (SSSR count). The molecule has 1 aromatic heterocycles. The van der Waals surface area contributed by atoms with Crippen molar-refractivity contribution < 1.29 is 13.2 Å². The van der Waals surface area contributed by atoms with Gasteiger partial charge in [0.25, 0.3) is 0 Å². The lowest BCUT2D eigenvalue weighted by atomic mass is 10.1. The van der Waals surface area contributed by atoms with Crippen LogP contribution in [0.3, 0.4) is 0 Å². The molecule has 0 saturated heterocycles. The van der Waals surface area contributed by atoms with E-state index in [0.717, 1.165) is 18.2 Å². The lowest BCUT2D eigenvalue weighted by Gasteiger charge is -2.01. The highest BCUT2D eigenvalue weighted by molar-refractivity contribution is 7.90. The molecule has 1 fully saturated rings. The van der Waals surface area contributed by atoms with Gasteiger partial charge in [0.05, 0.1) is 0 Å². The van der Waals surface area contributed by atoms with Crippen LogP contribution in [0.15, 0.2) is 29.4 Å². The second-order valence-electron chi connectivity index (χ2n) is 5.23. The monoisotopic (exact) mass is 340 g/mol. The van der Waals surface area contributed by atoms with E-state index >= 15 is 0 Å². The van der Waals surface area contributed by atoms with Gasteiger partial charge in [0.1, 0.15) is 0 Å². The van der Waals surface area contributed by atoms with Crippen molar-refractivity contribution in [3.05, 3.63) is 34.9 Å². The summed E-state index contributed by atoms with van der Waals surface area (Å²) in [6.07, 6.45) is 1.74. The molecule has 2 atom stereocenters. The maximum atomic E-state index is 12.1. The third-order valence-electron chi connectivity index (χ3n) is 3.48. The first-order valence-electron chi connectivity index (χ1n) is 6.53. The van der Waals surface area contributed by atoms with Crippen molar-refractivity contribution in [2.45, 2.75) is 17.5 Å². The lowest BCUT2D eigenvalue weighted by molar-refractivity contribution is -0.117. The second kappa shape index (κ2) is 5.36. The molecule has 0 unspecified atom stereocenters. The molecule has 116 valence electrons. The summed E-state index contributed by atoms with van der Waals surface area (Å²) < 4.78 is 22.6. The molecule has 1 aliphatic carbocycles. The molecule has 9 heteroatoms. The van der Waals surface area contributed by atoms with Crippen LogP contribution in [0, 0.1) is 5.92 Å². The predicted octanol–water partition coefficient (Wildman–Crippen LogP) is 1.60. The van der Waals surface area contributed by atoms with E-state index in [0.29, 0.717) is 5.02 Å². The molecule has 1 amide bonds. The normalized spacial score (nSPS) is 20.6. The van der Waals surface area contributed by atoms with Crippen LogP contribution in [0.25, 0.3) is 0 Å². The minimum atomic E-state index is -3.47. The zero-order chi connectivity index (χ0) is 15.9. The first kappa shape index (κ1) is 15.0. The number of amides is 1. The summed E-state index contributed by atoms with van der Waals surface area (Å²) in [6, 6.07) is 7.37. The van der Waals surface area contributed by atoms with Crippen LogP contribution in [0.5, 0.6) is 0 Å². The fourth-order valence-corrected chi connectivity index (χ4v) is 2.82. The van der Waals surface area contributed by atoms with Crippen molar-refractivity contribution in [3.8, 4) is 0 Å². The van der Waals surface area contributed by atoms with Gasteiger partial charge in [0, 0.05) is 17.2 Å². The molecule has 0 aliphatic heterocycles. The van der Waals surface area contributed by atoms with Gasteiger partial charge in [0.15, 0.2) is 0 Å². The average Bonchev–Trinajstić information content (AvgIpc) is 3.10. The molecule has 7 nitrogen and oxygen atoms in total.